The molecule has 2 heterocycles. The van der Waals surface area contributed by atoms with Crippen LogP contribution in [0.4, 0.5) is 8.78 Å². The van der Waals surface area contributed by atoms with Gasteiger partial charge in [0, 0.05) is 18.6 Å². The Bertz CT molecular complexity index is 439. The third kappa shape index (κ3) is 2.58. The van der Waals surface area contributed by atoms with Gasteiger partial charge in [0.25, 0.3) is 0 Å². The van der Waals surface area contributed by atoms with Crippen molar-refractivity contribution >= 4 is 0 Å². The summed E-state index contributed by atoms with van der Waals surface area (Å²) >= 11 is 0. The fourth-order valence-electron chi connectivity index (χ4n) is 2.93. The Balaban J connectivity index is 1.54. The summed E-state index contributed by atoms with van der Waals surface area (Å²) in [6.45, 7) is 2.64. The lowest BCUT2D eigenvalue weighted by molar-refractivity contribution is -0.0192. The second-order valence-corrected chi connectivity index (χ2v) is 5.06. The van der Waals surface area contributed by atoms with E-state index in [1.54, 1.807) is 0 Å². The van der Waals surface area contributed by atoms with Crippen molar-refractivity contribution in [2.24, 2.45) is 0 Å². The molecular weight excluding hydrogens is 252 g/mol. The second kappa shape index (κ2) is 5.43. The molecular formula is C14H17F2NO2. The average Bonchev–Trinajstić information content (AvgIpc) is 2.64. The molecule has 1 aromatic carbocycles. The molecule has 2 atom stereocenters. The van der Waals surface area contributed by atoms with E-state index in [0.717, 1.165) is 38.7 Å². The fraction of sp³-hybridized carbons (Fsp3) is 0.571. The summed E-state index contributed by atoms with van der Waals surface area (Å²) in [6.07, 6.45) is 2.30. The fourth-order valence-corrected chi connectivity index (χ4v) is 2.93. The maximum Gasteiger partial charge on any atom is 0.200 e. The van der Waals surface area contributed by atoms with Crippen molar-refractivity contribution in [3.05, 3.63) is 29.8 Å². The SMILES string of the molecule is Fc1cccc(OCCN2C3CCC2COC3)c1F. The molecule has 2 aliphatic heterocycles. The molecule has 5 heteroatoms. The van der Waals surface area contributed by atoms with E-state index in [1.165, 1.54) is 12.1 Å². The van der Waals surface area contributed by atoms with Gasteiger partial charge >= 0.3 is 0 Å². The number of halogens is 2. The topological polar surface area (TPSA) is 21.7 Å². The van der Waals surface area contributed by atoms with Crippen LogP contribution in [-0.2, 0) is 4.74 Å². The highest BCUT2D eigenvalue weighted by atomic mass is 19.2. The lowest BCUT2D eigenvalue weighted by Gasteiger charge is -2.34. The Morgan fingerprint density at radius 1 is 1.21 bits per heavy atom. The predicted molar refractivity (Wildman–Crippen MR) is 66.2 cm³/mol. The average molecular weight is 269 g/mol. The van der Waals surface area contributed by atoms with Crippen molar-refractivity contribution in [3.8, 4) is 5.75 Å². The number of nitrogens with zero attached hydrogens (tertiary/aromatic N) is 1. The normalized spacial score (nSPS) is 26.6. The zero-order valence-corrected chi connectivity index (χ0v) is 10.6. The largest absolute Gasteiger partial charge is 0.489 e. The van der Waals surface area contributed by atoms with Crippen LogP contribution in [0.3, 0.4) is 0 Å². The van der Waals surface area contributed by atoms with Gasteiger partial charge < -0.3 is 9.47 Å². The minimum Gasteiger partial charge on any atom is -0.489 e. The summed E-state index contributed by atoms with van der Waals surface area (Å²) in [5, 5.41) is 0. The molecule has 0 aliphatic carbocycles. The number of ether oxygens (including phenoxy) is 2. The van der Waals surface area contributed by atoms with Crippen LogP contribution in [0.2, 0.25) is 0 Å². The minimum atomic E-state index is -0.910. The van der Waals surface area contributed by atoms with Crippen LogP contribution in [0.25, 0.3) is 0 Å². The van der Waals surface area contributed by atoms with E-state index < -0.39 is 11.6 Å². The smallest absolute Gasteiger partial charge is 0.200 e. The number of hydrogen-bond donors (Lipinski definition) is 0. The lowest BCUT2D eigenvalue weighted by atomic mass is 10.2. The standard InChI is InChI=1S/C14H17F2NO2/c15-12-2-1-3-13(14(12)16)19-7-6-17-10-4-5-11(17)9-18-8-10/h1-3,10-11H,4-9H2. The number of rotatable bonds is 4. The van der Waals surface area contributed by atoms with Gasteiger partial charge in [-0.3, -0.25) is 4.90 Å². The van der Waals surface area contributed by atoms with Crippen LogP contribution in [0.15, 0.2) is 18.2 Å². The van der Waals surface area contributed by atoms with Gasteiger partial charge in [-0.15, -0.1) is 0 Å². The van der Waals surface area contributed by atoms with Gasteiger partial charge in [0.15, 0.2) is 11.6 Å². The van der Waals surface area contributed by atoms with Gasteiger partial charge in [-0.2, -0.15) is 4.39 Å². The van der Waals surface area contributed by atoms with Crippen LogP contribution in [0, 0.1) is 11.6 Å². The maximum absolute atomic E-state index is 13.4. The summed E-state index contributed by atoms with van der Waals surface area (Å²) in [7, 11) is 0. The summed E-state index contributed by atoms with van der Waals surface area (Å²) in [6, 6.07) is 4.91. The quantitative estimate of drug-likeness (QED) is 0.836. The molecule has 3 nitrogen and oxygen atoms in total. The molecule has 0 N–H and O–H groups in total. The molecule has 2 saturated heterocycles. The first-order chi connectivity index (χ1) is 9.25. The zero-order chi connectivity index (χ0) is 13.2. The van der Waals surface area contributed by atoms with Gasteiger partial charge in [0.05, 0.1) is 13.2 Å². The van der Waals surface area contributed by atoms with E-state index in [-0.39, 0.29) is 5.75 Å². The van der Waals surface area contributed by atoms with E-state index >= 15 is 0 Å². The molecule has 2 bridgehead atoms. The summed E-state index contributed by atoms with van der Waals surface area (Å²) in [4.78, 5) is 2.36. The molecule has 0 amide bonds. The molecule has 1 aromatic rings. The van der Waals surface area contributed by atoms with Crippen molar-refractivity contribution in [1.82, 2.24) is 4.90 Å². The first-order valence-corrected chi connectivity index (χ1v) is 6.66. The Morgan fingerprint density at radius 2 is 1.95 bits per heavy atom. The monoisotopic (exact) mass is 269 g/mol. The molecule has 19 heavy (non-hydrogen) atoms. The highest BCUT2D eigenvalue weighted by Gasteiger charge is 2.36. The first kappa shape index (κ1) is 12.8. The molecule has 0 radical (unpaired) electrons. The predicted octanol–water partition coefficient (Wildman–Crippen LogP) is 2.21. The summed E-state index contributed by atoms with van der Waals surface area (Å²) < 4.78 is 37.3. The molecule has 0 saturated carbocycles. The van der Waals surface area contributed by atoms with E-state index in [2.05, 4.69) is 4.90 Å². The van der Waals surface area contributed by atoms with Crippen LogP contribution < -0.4 is 4.74 Å². The Labute approximate surface area is 111 Å². The third-order valence-corrected chi connectivity index (χ3v) is 3.91. The molecule has 0 spiro atoms. The highest BCUT2D eigenvalue weighted by molar-refractivity contribution is 5.24. The van der Waals surface area contributed by atoms with Gasteiger partial charge in [-0.1, -0.05) is 6.07 Å². The van der Waals surface area contributed by atoms with Gasteiger partial charge in [-0.25, -0.2) is 4.39 Å². The van der Waals surface area contributed by atoms with Crippen molar-refractivity contribution < 1.29 is 18.3 Å². The van der Waals surface area contributed by atoms with E-state index in [0.29, 0.717) is 18.7 Å². The van der Waals surface area contributed by atoms with Crippen LogP contribution in [0.1, 0.15) is 12.8 Å². The van der Waals surface area contributed by atoms with Gasteiger partial charge in [0.1, 0.15) is 6.61 Å². The molecule has 0 aromatic heterocycles. The Morgan fingerprint density at radius 3 is 2.68 bits per heavy atom. The Hall–Kier alpha value is -1.20. The van der Waals surface area contributed by atoms with Crippen molar-refractivity contribution in [2.45, 2.75) is 24.9 Å². The number of benzene rings is 1. The zero-order valence-electron chi connectivity index (χ0n) is 10.6. The molecule has 3 rings (SSSR count). The number of fused-ring (bicyclic) bond motifs is 2. The minimum absolute atomic E-state index is 0.0133. The van der Waals surface area contributed by atoms with Crippen molar-refractivity contribution in [1.29, 1.82) is 0 Å². The van der Waals surface area contributed by atoms with Crippen LogP contribution >= 0.6 is 0 Å². The Kier molecular flexibility index (Phi) is 3.66. The van der Waals surface area contributed by atoms with Crippen molar-refractivity contribution in [2.75, 3.05) is 26.4 Å². The maximum atomic E-state index is 13.4. The first-order valence-electron chi connectivity index (χ1n) is 6.66. The lowest BCUT2D eigenvalue weighted by Crippen LogP contribution is -2.47. The second-order valence-electron chi connectivity index (χ2n) is 5.06. The van der Waals surface area contributed by atoms with Gasteiger partial charge in [0.2, 0.25) is 5.82 Å². The number of morpholine rings is 1. The molecule has 104 valence electrons. The van der Waals surface area contributed by atoms with Crippen LogP contribution in [-0.4, -0.2) is 43.3 Å². The van der Waals surface area contributed by atoms with Crippen LogP contribution in [0.5, 0.6) is 5.75 Å². The van der Waals surface area contributed by atoms with E-state index in [4.69, 9.17) is 9.47 Å². The third-order valence-electron chi connectivity index (χ3n) is 3.91. The van der Waals surface area contributed by atoms with Crippen molar-refractivity contribution in [3.63, 3.8) is 0 Å². The molecule has 2 unspecified atom stereocenters. The summed E-state index contributed by atoms with van der Waals surface area (Å²) in [5.41, 5.74) is 0. The highest BCUT2D eigenvalue weighted by Crippen LogP contribution is 2.28. The molecule has 2 fully saturated rings. The summed E-state index contributed by atoms with van der Waals surface area (Å²) in [5.74, 6) is -1.79. The molecule has 2 aliphatic rings. The number of hydrogen-bond acceptors (Lipinski definition) is 3. The van der Waals surface area contributed by atoms with E-state index in [1.807, 2.05) is 0 Å². The van der Waals surface area contributed by atoms with Gasteiger partial charge in [-0.05, 0) is 25.0 Å². The van der Waals surface area contributed by atoms with E-state index in [9.17, 15) is 8.78 Å².